The first-order chi connectivity index (χ1) is 16.7. The van der Waals surface area contributed by atoms with E-state index in [-0.39, 0.29) is 17.6 Å². The van der Waals surface area contributed by atoms with Gasteiger partial charge in [-0.15, -0.1) is 0 Å². The van der Waals surface area contributed by atoms with Gasteiger partial charge in [0.1, 0.15) is 13.2 Å². The summed E-state index contributed by atoms with van der Waals surface area (Å²) in [5, 5.41) is 2.98. The number of hydrogen-bond acceptors (Lipinski definition) is 5. The van der Waals surface area contributed by atoms with E-state index in [1.54, 1.807) is 6.07 Å². The number of piperidine rings is 1. The lowest BCUT2D eigenvalue weighted by atomic mass is 9.88. The Bertz CT molecular complexity index is 1150. The summed E-state index contributed by atoms with van der Waals surface area (Å²) in [6.45, 7) is 2.81. The number of anilines is 1. The first kappa shape index (κ1) is 22.2. The molecule has 3 aromatic rings. The van der Waals surface area contributed by atoms with Gasteiger partial charge in [-0.05, 0) is 67.4 Å². The zero-order chi connectivity index (χ0) is 23.3. The van der Waals surface area contributed by atoms with E-state index in [1.165, 1.54) is 0 Å². The van der Waals surface area contributed by atoms with Crippen LogP contribution in [0.1, 0.15) is 23.2 Å². The van der Waals surface area contributed by atoms with Crippen LogP contribution >= 0.6 is 0 Å². The lowest BCUT2D eigenvalue weighted by Gasteiger charge is -2.30. The largest absolute Gasteiger partial charge is 0.486 e. The van der Waals surface area contributed by atoms with Gasteiger partial charge >= 0.3 is 0 Å². The highest BCUT2D eigenvalue weighted by Crippen LogP contribution is 2.32. The highest BCUT2D eigenvalue weighted by atomic mass is 16.6. The molecule has 174 valence electrons. The molecule has 6 heteroatoms. The van der Waals surface area contributed by atoms with Crippen molar-refractivity contribution in [3.8, 4) is 22.6 Å². The topological polar surface area (TPSA) is 67.9 Å². The Morgan fingerprint density at radius 2 is 1.50 bits per heavy atom. The number of carbonyl (C=O) groups is 2. The van der Waals surface area contributed by atoms with Crippen molar-refractivity contribution in [2.75, 3.05) is 38.2 Å². The molecule has 0 aromatic heterocycles. The SMILES string of the molecule is O=C(CN1CCC(C(=O)c2ccc3c(c2)OCCO3)CC1)Nc1ccc(-c2ccccc2)cc1. The molecule has 1 fully saturated rings. The Hall–Kier alpha value is -3.64. The van der Waals surface area contributed by atoms with Gasteiger partial charge in [0, 0.05) is 17.2 Å². The summed E-state index contributed by atoms with van der Waals surface area (Å²) in [7, 11) is 0. The normalized spacial score (nSPS) is 16.1. The van der Waals surface area contributed by atoms with Crippen LogP contribution in [0.5, 0.6) is 11.5 Å². The summed E-state index contributed by atoms with van der Waals surface area (Å²) in [4.78, 5) is 27.7. The Morgan fingerprint density at radius 1 is 0.824 bits per heavy atom. The number of benzene rings is 3. The molecular formula is C28H28N2O4. The highest BCUT2D eigenvalue weighted by molar-refractivity contribution is 5.98. The fraction of sp³-hybridized carbons (Fsp3) is 0.286. The van der Waals surface area contributed by atoms with E-state index in [4.69, 9.17) is 9.47 Å². The van der Waals surface area contributed by atoms with Crippen molar-refractivity contribution < 1.29 is 19.1 Å². The van der Waals surface area contributed by atoms with Crippen molar-refractivity contribution in [1.29, 1.82) is 0 Å². The fourth-order valence-corrected chi connectivity index (χ4v) is 4.57. The summed E-state index contributed by atoms with van der Waals surface area (Å²) in [5.74, 6) is 1.40. The number of ketones is 1. The van der Waals surface area contributed by atoms with E-state index in [0.29, 0.717) is 36.8 Å². The molecular weight excluding hydrogens is 428 g/mol. The van der Waals surface area contributed by atoms with Crippen molar-refractivity contribution in [1.82, 2.24) is 4.90 Å². The predicted octanol–water partition coefficient (Wildman–Crippen LogP) is 4.66. The highest BCUT2D eigenvalue weighted by Gasteiger charge is 2.27. The van der Waals surface area contributed by atoms with E-state index >= 15 is 0 Å². The maximum atomic E-state index is 13.0. The molecule has 0 aliphatic carbocycles. The van der Waals surface area contributed by atoms with Crippen LogP contribution in [0.4, 0.5) is 5.69 Å². The molecule has 0 radical (unpaired) electrons. The van der Waals surface area contributed by atoms with Gasteiger partial charge in [-0.2, -0.15) is 0 Å². The molecule has 2 aliphatic heterocycles. The lowest BCUT2D eigenvalue weighted by Crippen LogP contribution is -2.40. The zero-order valence-corrected chi connectivity index (χ0v) is 19.0. The number of amides is 1. The molecule has 0 unspecified atom stereocenters. The van der Waals surface area contributed by atoms with Crippen LogP contribution in [0, 0.1) is 5.92 Å². The van der Waals surface area contributed by atoms with E-state index in [1.807, 2.05) is 54.6 Å². The Balaban J connectivity index is 1.11. The second-order valence-corrected chi connectivity index (χ2v) is 8.76. The van der Waals surface area contributed by atoms with E-state index in [2.05, 4.69) is 22.3 Å². The van der Waals surface area contributed by atoms with Gasteiger partial charge in [0.15, 0.2) is 17.3 Å². The number of carbonyl (C=O) groups excluding carboxylic acids is 2. The first-order valence-corrected chi connectivity index (χ1v) is 11.8. The minimum absolute atomic E-state index is 0.0348. The molecule has 0 atom stereocenters. The van der Waals surface area contributed by atoms with Crippen molar-refractivity contribution in [3.05, 3.63) is 78.4 Å². The number of hydrogen-bond donors (Lipinski definition) is 1. The number of likely N-dealkylation sites (tertiary alicyclic amines) is 1. The smallest absolute Gasteiger partial charge is 0.238 e. The minimum atomic E-state index is -0.0379. The molecule has 1 saturated heterocycles. The molecule has 0 bridgehead atoms. The minimum Gasteiger partial charge on any atom is -0.486 e. The maximum absolute atomic E-state index is 13.0. The Kier molecular flexibility index (Phi) is 6.58. The summed E-state index contributed by atoms with van der Waals surface area (Å²) in [6.07, 6.45) is 1.48. The van der Waals surface area contributed by atoms with Crippen LogP contribution in [-0.4, -0.2) is 49.4 Å². The van der Waals surface area contributed by atoms with Gasteiger partial charge in [-0.1, -0.05) is 42.5 Å². The quantitative estimate of drug-likeness (QED) is 0.547. The molecule has 6 nitrogen and oxygen atoms in total. The number of ether oxygens (including phenoxy) is 2. The zero-order valence-electron chi connectivity index (χ0n) is 19.0. The van der Waals surface area contributed by atoms with Gasteiger partial charge in [-0.25, -0.2) is 0 Å². The monoisotopic (exact) mass is 456 g/mol. The van der Waals surface area contributed by atoms with Gasteiger partial charge < -0.3 is 14.8 Å². The standard InChI is InChI=1S/C28H28N2O4/c31-27(29-24-9-6-21(7-10-24)20-4-2-1-3-5-20)19-30-14-12-22(13-15-30)28(32)23-8-11-25-26(18-23)34-17-16-33-25/h1-11,18,22H,12-17,19H2,(H,29,31). The molecule has 2 heterocycles. The third-order valence-corrected chi connectivity index (χ3v) is 6.43. The molecule has 34 heavy (non-hydrogen) atoms. The van der Waals surface area contributed by atoms with Gasteiger partial charge in [0.2, 0.25) is 5.91 Å². The maximum Gasteiger partial charge on any atom is 0.238 e. The second kappa shape index (κ2) is 10.1. The summed E-state index contributed by atoms with van der Waals surface area (Å²) >= 11 is 0. The Morgan fingerprint density at radius 3 is 2.24 bits per heavy atom. The third kappa shape index (κ3) is 5.13. The Labute approximate surface area is 199 Å². The van der Waals surface area contributed by atoms with Gasteiger partial charge in [0.05, 0.1) is 6.54 Å². The van der Waals surface area contributed by atoms with Crippen LogP contribution in [0.25, 0.3) is 11.1 Å². The second-order valence-electron chi connectivity index (χ2n) is 8.76. The van der Waals surface area contributed by atoms with Crippen molar-refractivity contribution in [3.63, 3.8) is 0 Å². The van der Waals surface area contributed by atoms with Crippen LogP contribution in [0.2, 0.25) is 0 Å². The average Bonchev–Trinajstić information content (AvgIpc) is 2.89. The number of nitrogens with zero attached hydrogens (tertiary/aromatic N) is 1. The summed E-state index contributed by atoms with van der Waals surface area (Å²) in [6, 6.07) is 23.5. The van der Waals surface area contributed by atoms with E-state index in [0.717, 1.165) is 42.7 Å². The van der Waals surface area contributed by atoms with Gasteiger partial charge in [-0.3, -0.25) is 14.5 Å². The average molecular weight is 457 g/mol. The molecule has 1 N–H and O–H groups in total. The number of Topliss-reactive ketones (excluding diaryl/α,β-unsaturated/α-hetero) is 1. The predicted molar refractivity (Wildman–Crippen MR) is 131 cm³/mol. The molecule has 0 spiro atoms. The fourth-order valence-electron chi connectivity index (χ4n) is 4.57. The number of nitrogens with one attached hydrogen (secondary N) is 1. The van der Waals surface area contributed by atoms with E-state index in [9.17, 15) is 9.59 Å². The van der Waals surface area contributed by atoms with Crippen LogP contribution in [0.3, 0.4) is 0 Å². The number of fused-ring (bicyclic) bond motifs is 1. The van der Waals surface area contributed by atoms with Gasteiger partial charge in [0.25, 0.3) is 0 Å². The molecule has 2 aliphatic rings. The van der Waals surface area contributed by atoms with Crippen LogP contribution < -0.4 is 14.8 Å². The third-order valence-electron chi connectivity index (χ3n) is 6.43. The van der Waals surface area contributed by atoms with Crippen LogP contribution in [-0.2, 0) is 4.79 Å². The van der Waals surface area contributed by atoms with Crippen LogP contribution in [0.15, 0.2) is 72.8 Å². The van der Waals surface area contributed by atoms with E-state index < -0.39 is 0 Å². The first-order valence-electron chi connectivity index (χ1n) is 11.8. The van der Waals surface area contributed by atoms with Crippen molar-refractivity contribution in [2.24, 2.45) is 5.92 Å². The van der Waals surface area contributed by atoms with Crippen molar-refractivity contribution >= 4 is 17.4 Å². The number of rotatable bonds is 6. The van der Waals surface area contributed by atoms with Crippen molar-refractivity contribution in [2.45, 2.75) is 12.8 Å². The lowest BCUT2D eigenvalue weighted by molar-refractivity contribution is -0.117. The molecule has 5 rings (SSSR count). The molecule has 3 aromatic carbocycles. The summed E-state index contributed by atoms with van der Waals surface area (Å²) in [5.41, 5.74) is 3.71. The molecule has 1 amide bonds. The summed E-state index contributed by atoms with van der Waals surface area (Å²) < 4.78 is 11.2. The molecule has 0 saturated carbocycles.